The van der Waals surface area contributed by atoms with Gasteiger partial charge in [-0.05, 0) is 6.07 Å². The molecule has 1 fully saturated rings. The highest BCUT2D eigenvalue weighted by Crippen LogP contribution is 2.23. The van der Waals surface area contributed by atoms with Crippen LogP contribution in [-0.2, 0) is 26.2 Å². The molecule has 0 aliphatic carbocycles. The second kappa shape index (κ2) is 10.7. The summed E-state index contributed by atoms with van der Waals surface area (Å²) >= 11 is 0. The van der Waals surface area contributed by atoms with E-state index in [4.69, 9.17) is 14.6 Å². The van der Waals surface area contributed by atoms with E-state index in [0.29, 0.717) is 19.7 Å². The number of ether oxygens (including phenoxy) is 1. The molecular weight excluding hydrogens is 414 g/mol. The van der Waals surface area contributed by atoms with E-state index < -0.39 is 22.0 Å². The molecule has 2 heterocycles. The van der Waals surface area contributed by atoms with Gasteiger partial charge in [-0.25, -0.2) is 12.7 Å². The van der Waals surface area contributed by atoms with E-state index in [1.54, 1.807) is 4.90 Å². The number of fused-ring (bicyclic) bond motifs is 1. The summed E-state index contributed by atoms with van der Waals surface area (Å²) in [6.45, 7) is 2.17. The molecule has 0 aromatic heterocycles. The van der Waals surface area contributed by atoms with Gasteiger partial charge in [0.2, 0.25) is 15.9 Å². The van der Waals surface area contributed by atoms with Crippen LogP contribution in [0.5, 0.6) is 5.75 Å². The quantitative estimate of drug-likeness (QED) is 0.572. The van der Waals surface area contributed by atoms with Crippen molar-refractivity contribution in [2.45, 2.75) is 12.6 Å². The summed E-state index contributed by atoms with van der Waals surface area (Å²) < 4.78 is 31.0. The number of nitrogens with zero attached hydrogens (tertiary/aromatic N) is 3. The Hall–Kier alpha value is -2.21. The van der Waals surface area contributed by atoms with E-state index >= 15 is 0 Å². The van der Waals surface area contributed by atoms with Gasteiger partial charge in [0.1, 0.15) is 12.4 Å². The molecule has 1 saturated heterocycles. The predicted molar refractivity (Wildman–Crippen MR) is 109 cm³/mol. The highest BCUT2D eigenvalue weighted by atomic mass is 32.2. The number of carbonyl (C=O) groups is 2. The first-order valence-electron chi connectivity index (χ1n) is 9.55. The third-order valence-electron chi connectivity index (χ3n) is 5.13. The van der Waals surface area contributed by atoms with Crippen LogP contribution in [0.4, 0.5) is 0 Å². The lowest BCUT2D eigenvalue weighted by atomic mass is 10.1. The Kier molecular flexibility index (Phi) is 8.59. The van der Waals surface area contributed by atoms with Crippen LogP contribution in [0.2, 0.25) is 0 Å². The van der Waals surface area contributed by atoms with E-state index in [9.17, 15) is 18.3 Å². The van der Waals surface area contributed by atoms with E-state index in [-0.39, 0.29) is 37.8 Å². The zero-order valence-electron chi connectivity index (χ0n) is 17.2. The van der Waals surface area contributed by atoms with Crippen molar-refractivity contribution in [1.29, 1.82) is 0 Å². The molecule has 1 aromatic carbocycles. The van der Waals surface area contributed by atoms with Crippen LogP contribution in [0.25, 0.3) is 0 Å². The summed E-state index contributed by atoms with van der Waals surface area (Å²) in [6.07, 6.45) is -0.822. The van der Waals surface area contributed by atoms with Crippen molar-refractivity contribution in [3.8, 4) is 5.75 Å². The second-order valence-electron chi connectivity index (χ2n) is 7.46. The fourth-order valence-corrected chi connectivity index (χ4v) is 4.61. The SMILES string of the molecule is CN(C)S(=O)(=O)C[C@@H]1CN(C(=O)CN2CCOc3ccccc3C2)C[C@H]1O.O=CO. The highest BCUT2D eigenvalue weighted by Gasteiger charge is 2.37. The molecule has 0 spiro atoms. The van der Waals surface area contributed by atoms with Crippen LogP contribution in [0.15, 0.2) is 24.3 Å². The van der Waals surface area contributed by atoms with Gasteiger partial charge in [-0.15, -0.1) is 0 Å². The normalized spacial score (nSPS) is 21.8. The number of likely N-dealkylation sites (tertiary alicyclic amines) is 1. The van der Waals surface area contributed by atoms with Gasteiger partial charge in [-0.1, -0.05) is 18.2 Å². The van der Waals surface area contributed by atoms with Crippen LogP contribution in [-0.4, -0.2) is 104 Å². The van der Waals surface area contributed by atoms with E-state index in [2.05, 4.69) is 0 Å². The van der Waals surface area contributed by atoms with Gasteiger partial charge in [0.05, 0.1) is 18.4 Å². The van der Waals surface area contributed by atoms with Crippen LogP contribution in [0.3, 0.4) is 0 Å². The molecule has 2 atom stereocenters. The van der Waals surface area contributed by atoms with Crippen molar-refractivity contribution < 1.29 is 33.0 Å². The van der Waals surface area contributed by atoms with Crippen molar-refractivity contribution in [1.82, 2.24) is 14.1 Å². The first-order chi connectivity index (χ1) is 14.2. The number of aliphatic hydroxyl groups excluding tert-OH is 1. The molecule has 1 aromatic rings. The lowest BCUT2D eigenvalue weighted by Gasteiger charge is -2.23. The fraction of sp³-hybridized carbons (Fsp3) is 0.579. The number of benzene rings is 1. The lowest BCUT2D eigenvalue weighted by Crippen LogP contribution is -2.40. The summed E-state index contributed by atoms with van der Waals surface area (Å²) in [5.41, 5.74) is 1.04. The Bertz CT molecular complexity index is 831. The van der Waals surface area contributed by atoms with Crippen molar-refractivity contribution in [3.05, 3.63) is 29.8 Å². The molecule has 0 saturated carbocycles. The van der Waals surface area contributed by atoms with Crippen molar-refractivity contribution in [2.75, 3.05) is 52.6 Å². The first-order valence-corrected chi connectivity index (χ1v) is 11.2. The number of para-hydroxylation sites is 1. The molecule has 30 heavy (non-hydrogen) atoms. The molecule has 10 nitrogen and oxygen atoms in total. The Morgan fingerprint density at radius 1 is 1.30 bits per heavy atom. The number of sulfonamides is 1. The van der Waals surface area contributed by atoms with E-state index in [1.165, 1.54) is 14.1 Å². The van der Waals surface area contributed by atoms with Gasteiger partial charge in [0.15, 0.2) is 0 Å². The molecule has 2 aliphatic heterocycles. The zero-order chi connectivity index (χ0) is 22.3. The van der Waals surface area contributed by atoms with Crippen molar-refractivity contribution >= 4 is 22.4 Å². The van der Waals surface area contributed by atoms with Crippen molar-refractivity contribution in [3.63, 3.8) is 0 Å². The maximum atomic E-state index is 12.7. The minimum absolute atomic E-state index is 0.0989. The molecule has 1 amide bonds. The maximum absolute atomic E-state index is 12.7. The number of hydrogen-bond acceptors (Lipinski definition) is 7. The molecule has 2 N–H and O–H groups in total. The molecule has 2 aliphatic rings. The number of hydrogen-bond donors (Lipinski definition) is 2. The molecule has 0 radical (unpaired) electrons. The summed E-state index contributed by atoms with van der Waals surface area (Å²) in [5, 5.41) is 17.1. The van der Waals surface area contributed by atoms with Gasteiger partial charge in [-0.2, -0.15) is 0 Å². The lowest BCUT2D eigenvalue weighted by molar-refractivity contribution is -0.132. The van der Waals surface area contributed by atoms with Crippen LogP contribution < -0.4 is 4.74 Å². The third-order valence-corrected chi connectivity index (χ3v) is 7.09. The van der Waals surface area contributed by atoms with Crippen LogP contribution in [0, 0.1) is 5.92 Å². The van der Waals surface area contributed by atoms with Gasteiger partial charge in [-0.3, -0.25) is 14.5 Å². The van der Waals surface area contributed by atoms with Gasteiger partial charge in [0.25, 0.3) is 6.47 Å². The predicted octanol–water partition coefficient (Wildman–Crippen LogP) is -0.707. The van der Waals surface area contributed by atoms with Gasteiger partial charge < -0.3 is 19.8 Å². The second-order valence-corrected chi connectivity index (χ2v) is 9.69. The highest BCUT2D eigenvalue weighted by molar-refractivity contribution is 7.89. The Labute approximate surface area is 176 Å². The van der Waals surface area contributed by atoms with Gasteiger partial charge >= 0.3 is 0 Å². The number of aliphatic hydroxyl groups is 1. The standard InChI is InChI=1S/C18H27N3O5S.CH2O2/c1-19(2)27(24,25)13-15-10-21(11-16(15)22)18(23)12-20-7-8-26-17-6-4-3-5-14(17)9-20;2-1-3/h3-6,15-16,22H,7-13H2,1-2H3;1H,(H,2,3)/t15-,16+;/m0./s1. The Morgan fingerprint density at radius 3 is 2.63 bits per heavy atom. The Morgan fingerprint density at radius 2 is 1.97 bits per heavy atom. The minimum atomic E-state index is -3.42. The summed E-state index contributed by atoms with van der Waals surface area (Å²) in [5.74, 6) is 0.126. The molecular formula is C19H29N3O7S. The molecule has 0 bridgehead atoms. The number of amides is 1. The van der Waals surface area contributed by atoms with E-state index in [1.807, 2.05) is 29.2 Å². The fourth-order valence-electron chi connectivity index (χ4n) is 3.45. The van der Waals surface area contributed by atoms with Crippen LogP contribution >= 0.6 is 0 Å². The Balaban J connectivity index is 0.00000101. The van der Waals surface area contributed by atoms with Crippen LogP contribution in [0.1, 0.15) is 5.56 Å². The summed E-state index contributed by atoms with van der Waals surface area (Å²) in [6, 6.07) is 7.78. The van der Waals surface area contributed by atoms with Crippen molar-refractivity contribution in [2.24, 2.45) is 5.92 Å². The average Bonchev–Trinajstić information content (AvgIpc) is 2.91. The van der Waals surface area contributed by atoms with E-state index in [0.717, 1.165) is 15.6 Å². The average molecular weight is 444 g/mol. The maximum Gasteiger partial charge on any atom is 0.290 e. The molecule has 3 rings (SSSR count). The topological polar surface area (TPSA) is 128 Å². The smallest absolute Gasteiger partial charge is 0.290 e. The minimum Gasteiger partial charge on any atom is -0.492 e. The monoisotopic (exact) mass is 443 g/mol. The van der Waals surface area contributed by atoms with Gasteiger partial charge in [0, 0.05) is 51.8 Å². The first kappa shape index (κ1) is 24.1. The molecule has 168 valence electrons. The number of rotatable bonds is 5. The summed E-state index contributed by atoms with van der Waals surface area (Å²) in [4.78, 5) is 24.6. The summed E-state index contributed by atoms with van der Waals surface area (Å²) in [7, 11) is -0.479. The largest absolute Gasteiger partial charge is 0.492 e. The molecule has 0 unspecified atom stereocenters. The molecule has 11 heteroatoms. The number of β-amino-alcohol motifs (C(OH)–C–C–N with tert-alkyl or cyclic N) is 1. The number of carboxylic acid groups (broad SMARTS) is 1. The number of carbonyl (C=O) groups excluding carboxylic acids is 1. The third kappa shape index (κ3) is 6.39. The zero-order valence-corrected chi connectivity index (χ0v) is 18.0.